The van der Waals surface area contributed by atoms with Crippen molar-refractivity contribution in [2.24, 2.45) is 5.92 Å². The summed E-state index contributed by atoms with van der Waals surface area (Å²) >= 11 is 0. The zero-order valence-corrected chi connectivity index (χ0v) is 12.8. The molecule has 0 spiro atoms. The van der Waals surface area contributed by atoms with Gasteiger partial charge in [-0.15, -0.1) is 0 Å². The smallest absolute Gasteiger partial charge is 0.164 e. The van der Waals surface area contributed by atoms with Crippen molar-refractivity contribution in [3.05, 3.63) is 0 Å². The quantitative estimate of drug-likeness (QED) is 0.522. The first kappa shape index (κ1) is 15.9. The van der Waals surface area contributed by atoms with E-state index in [1.165, 1.54) is 0 Å². The van der Waals surface area contributed by atoms with Crippen LogP contribution in [0.25, 0.3) is 0 Å². The van der Waals surface area contributed by atoms with Gasteiger partial charge in [0.05, 0.1) is 18.8 Å². The predicted octanol–water partition coefficient (Wildman–Crippen LogP) is 2.47. The van der Waals surface area contributed by atoms with E-state index in [2.05, 4.69) is 0 Å². The van der Waals surface area contributed by atoms with E-state index in [0.717, 1.165) is 38.5 Å². The zero-order valence-electron chi connectivity index (χ0n) is 12.8. The minimum atomic E-state index is -0.680. The minimum Gasteiger partial charge on any atom is -0.396 e. The summed E-state index contributed by atoms with van der Waals surface area (Å²) in [6, 6.07) is 0. The Morgan fingerprint density at radius 2 is 2.05 bits per heavy atom. The Morgan fingerprint density at radius 1 is 1.25 bits per heavy atom. The lowest BCUT2D eigenvalue weighted by atomic mass is 9.89. The number of Topliss-reactive ketones (excluding diaryl/α,β-unsaturated/α-hetero) is 1. The van der Waals surface area contributed by atoms with Gasteiger partial charge in [-0.3, -0.25) is 4.79 Å². The van der Waals surface area contributed by atoms with E-state index in [0.29, 0.717) is 31.2 Å². The molecule has 2 aliphatic rings. The third-order valence-corrected chi connectivity index (χ3v) is 4.53. The van der Waals surface area contributed by atoms with Gasteiger partial charge in [-0.05, 0) is 51.9 Å². The fourth-order valence-corrected chi connectivity index (χ4v) is 2.92. The number of ether oxygens (including phenoxy) is 2. The maximum Gasteiger partial charge on any atom is 0.164 e. The fraction of sp³-hybridized carbons (Fsp3) is 0.938. The Hall–Kier alpha value is -0.450. The van der Waals surface area contributed by atoms with E-state index < -0.39 is 5.60 Å². The highest BCUT2D eigenvalue weighted by Gasteiger charge is 2.44. The number of aliphatic hydroxyl groups excluding tert-OH is 1. The van der Waals surface area contributed by atoms with Gasteiger partial charge in [-0.25, -0.2) is 0 Å². The molecule has 116 valence electrons. The maximum absolute atomic E-state index is 12.2. The molecule has 0 radical (unpaired) electrons. The van der Waals surface area contributed by atoms with E-state index in [1.807, 2.05) is 13.8 Å². The number of aliphatic hydroxyl groups is 1. The molecule has 0 aromatic heterocycles. The van der Waals surface area contributed by atoms with Crippen LogP contribution in [0.15, 0.2) is 0 Å². The van der Waals surface area contributed by atoms with Crippen molar-refractivity contribution in [3.63, 3.8) is 0 Å². The molecule has 1 aliphatic carbocycles. The SMILES string of the molecule is CC(C)(OCC1CCC2OC2C1)C(=O)CCCCCO. The first-order valence-corrected chi connectivity index (χ1v) is 7.96. The van der Waals surface area contributed by atoms with Gasteiger partial charge in [0.15, 0.2) is 5.78 Å². The van der Waals surface area contributed by atoms with E-state index in [1.54, 1.807) is 0 Å². The highest BCUT2D eigenvalue weighted by Crippen LogP contribution is 2.39. The summed E-state index contributed by atoms with van der Waals surface area (Å²) in [4.78, 5) is 12.2. The van der Waals surface area contributed by atoms with Crippen LogP contribution in [0.3, 0.4) is 0 Å². The van der Waals surface area contributed by atoms with E-state index in [9.17, 15) is 4.79 Å². The molecule has 0 bridgehead atoms. The van der Waals surface area contributed by atoms with Crippen molar-refractivity contribution in [1.29, 1.82) is 0 Å². The average Bonchev–Trinajstić information content (AvgIpc) is 3.19. The molecule has 4 heteroatoms. The molecule has 2 fully saturated rings. The van der Waals surface area contributed by atoms with Crippen molar-refractivity contribution in [2.45, 2.75) is 76.6 Å². The largest absolute Gasteiger partial charge is 0.396 e. The number of carbonyl (C=O) groups is 1. The third-order valence-electron chi connectivity index (χ3n) is 4.53. The number of fused-ring (bicyclic) bond motifs is 1. The first-order chi connectivity index (χ1) is 9.53. The summed E-state index contributed by atoms with van der Waals surface area (Å²) in [5.74, 6) is 0.715. The van der Waals surface area contributed by atoms with Crippen molar-refractivity contribution < 1.29 is 19.4 Å². The molecular weight excluding hydrogens is 256 g/mol. The van der Waals surface area contributed by atoms with Crippen LogP contribution >= 0.6 is 0 Å². The highest BCUT2D eigenvalue weighted by atomic mass is 16.6. The van der Waals surface area contributed by atoms with Crippen LogP contribution in [-0.4, -0.2) is 41.9 Å². The van der Waals surface area contributed by atoms with Gasteiger partial charge in [-0.1, -0.05) is 6.42 Å². The highest BCUT2D eigenvalue weighted by molar-refractivity contribution is 5.86. The zero-order chi connectivity index (χ0) is 14.6. The van der Waals surface area contributed by atoms with Crippen molar-refractivity contribution in [1.82, 2.24) is 0 Å². The first-order valence-electron chi connectivity index (χ1n) is 7.96. The summed E-state index contributed by atoms with van der Waals surface area (Å²) in [6.07, 6.45) is 7.45. The van der Waals surface area contributed by atoms with Gasteiger partial charge in [-0.2, -0.15) is 0 Å². The Labute approximate surface area is 121 Å². The van der Waals surface area contributed by atoms with Crippen molar-refractivity contribution in [3.8, 4) is 0 Å². The van der Waals surface area contributed by atoms with E-state index >= 15 is 0 Å². The molecule has 0 aromatic rings. The van der Waals surface area contributed by atoms with Crippen LogP contribution in [0.4, 0.5) is 0 Å². The number of hydrogen-bond donors (Lipinski definition) is 1. The topological polar surface area (TPSA) is 59.1 Å². The molecule has 1 saturated heterocycles. The summed E-state index contributed by atoms with van der Waals surface area (Å²) < 4.78 is 11.4. The van der Waals surface area contributed by atoms with Crippen LogP contribution in [0.2, 0.25) is 0 Å². The van der Waals surface area contributed by atoms with Crippen LogP contribution < -0.4 is 0 Å². The number of unbranched alkanes of at least 4 members (excludes halogenated alkanes) is 2. The lowest BCUT2D eigenvalue weighted by molar-refractivity contribution is -0.142. The summed E-state index contributed by atoms with van der Waals surface area (Å²) in [5, 5.41) is 8.72. The standard InChI is InChI=1S/C16H28O4/c1-16(2,15(18)6-4-3-5-9-17)19-11-12-7-8-13-14(10-12)20-13/h12-14,17H,3-11H2,1-2H3. The Morgan fingerprint density at radius 3 is 2.75 bits per heavy atom. The Bertz CT molecular complexity index is 326. The molecule has 0 amide bonds. The van der Waals surface area contributed by atoms with Gasteiger partial charge < -0.3 is 14.6 Å². The monoisotopic (exact) mass is 284 g/mol. The van der Waals surface area contributed by atoms with Crippen LogP contribution in [0, 0.1) is 5.92 Å². The molecular formula is C16H28O4. The number of hydrogen-bond acceptors (Lipinski definition) is 4. The second kappa shape index (κ2) is 7.01. The van der Waals surface area contributed by atoms with Crippen LogP contribution in [-0.2, 0) is 14.3 Å². The lowest BCUT2D eigenvalue weighted by Crippen LogP contribution is -2.37. The molecule has 1 N–H and O–H groups in total. The Balaban J connectivity index is 1.65. The molecule has 2 rings (SSSR count). The Kier molecular flexibility index (Phi) is 5.58. The molecule has 3 unspecified atom stereocenters. The number of rotatable bonds is 9. The van der Waals surface area contributed by atoms with Crippen molar-refractivity contribution >= 4 is 5.78 Å². The molecule has 4 nitrogen and oxygen atoms in total. The van der Waals surface area contributed by atoms with E-state index in [4.69, 9.17) is 14.6 Å². The second-order valence-corrected chi connectivity index (χ2v) is 6.67. The van der Waals surface area contributed by atoms with Gasteiger partial charge in [0, 0.05) is 13.0 Å². The van der Waals surface area contributed by atoms with Gasteiger partial charge in [0.2, 0.25) is 0 Å². The summed E-state index contributed by atoms with van der Waals surface area (Å²) in [5.41, 5.74) is -0.680. The van der Waals surface area contributed by atoms with Gasteiger partial charge in [0.25, 0.3) is 0 Å². The molecule has 1 heterocycles. The average molecular weight is 284 g/mol. The van der Waals surface area contributed by atoms with Crippen LogP contribution in [0.5, 0.6) is 0 Å². The van der Waals surface area contributed by atoms with Crippen molar-refractivity contribution in [2.75, 3.05) is 13.2 Å². The summed E-state index contributed by atoms with van der Waals surface area (Å²) in [6.45, 7) is 4.63. The molecule has 0 aromatic carbocycles. The second-order valence-electron chi connectivity index (χ2n) is 6.67. The fourth-order valence-electron chi connectivity index (χ4n) is 2.92. The maximum atomic E-state index is 12.2. The van der Waals surface area contributed by atoms with Gasteiger partial charge >= 0.3 is 0 Å². The molecule has 20 heavy (non-hydrogen) atoms. The predicted molar refractivity (Wildman–Crippen MR) is 76.6 cm³/mol. The lowest BCUT2D eigenvalue weighted by Gasteiger charge is -2.27. The minimum absolute atomic E-state index is 0.173. The molecule has 1 aliphatic heterocycles. The number of epoxide rings is 1. The third kappa shape index (κ3) is 4.54. The number of ketones is 1. The molecule has 3 atom stereocenters. The van der Waals surface area contributed by atoms with Crippen LogP contribution in [0.1, 0.15) is 58.8 Å². The molecule has 1 saturated carbocycles. The van der Waals surface area contributed by atoms with E-state index in [-0.39, 0.29) is 12.4 Å². The number of carbonyl (C=O) groups excluding carboxylic acids is 1. The normalized spacial score (nSPS) is 29.1. The van der Waals surface area contributed by atoms with Gasteiger partial charge in [0.1, 0.15) is 5.60 Å². The summed E-state index contributed by atoms with van der Waals surface area (Å²) in [7, 11) is 0.